The average Bonchev–Trinajstić information content (AvgIpc) is 3.04. The van der Waals surface area contributed by atoms with E-state index in [1.165, 1.54) is 13.1 Å². The van der Waals surface area contributed by atoms with Crippen molar-refractivity contribution >= 4 is 28.0 Å². The van der Waals surface area contributed by atoms with Crippen LogP contribution in [0.3, 0.4) is 0 Å². The highest BCUT2D eigenvalue weighted by molar-refractivity contribution is 7.90. The Kier molecular flexibility index (Phi) is 7.52. The molecular weight excluding hydrogens is 420 g/mol. The van der Waals surface area contributed by atoms with Gasteiger partial charge in [0.05, 0.1) is 32.1 Å². The zero-order valence-electron chi connectivity index (χ0n) is 16.8. The summed E-state index contributed by atoms with van der Waals surface area (Å²) in [7, 11) is -3.18. The summed E-state index contributed by atoms with van der Waals surface area (Å²) in [5, 5.41) is 5.41. The van der Waals surface area contributed by atoms with Crippen molar-refractivity contribution in [2.45, 2.75) is 25.8 Å². The fourth-order valence-electron chi connectivity index (χ4n) is 2.29. The summed E-state index contributed by atoms with van der Waals surface area (Å²) in [6.45, 7) is 5.70. The number of hydrogen-bond acceptors (Lipinski definition) is 10. The molecule has 0 aliphatic heterocycles. The summed E-state index contributed by atoms with van der Waals surface area (Å²) in [5.74, 6) is -0.871. The lowest BCUT2D eigenvalue weighted by molar-refractivity contribution is 0.0521. The van der Waals surface area contributed by atoms with Gasteiger partial charge in [-0.25, -0.2) is 14.3 Å². The first-order valence-electron chi connectivity index (χ1n) is 8.89. The van der Waals surface area contributed by atoms with E-state index in [0.29, 0.717) is 13.2 Å². The zero-order chi connectivity index (χ0) is 22.3. The van der Waals surface area contributed by atoms with Gasteiger partial charge in [-0.15, -0.1) is 0 Å². The van der Waals surface area contributed by atoms with Crippen LogP contribution in [0.5, 0.6) is 11.8 Å². The maximum absolute atomic E-state index is 12.7. The van der Waals surface area contributed by atoms with Crippen LogP contribution < -0.4 is 19.5 Å². The predicted molar refractivity (Wildman–Crippen MR) is 103 cm³/mol. The summed E-state index contributed by atoms with van der Waals surface area (Å²) < 4.78 is 43.4. The minimum atomic E-state index is -4.48. The first kappa shape index (κ1) is 22.9. The second kappa shape index (κ2) is 9.87. The quantitative estimate of drug-likeness (QED) is 0.528. The van der Waals surface area contributed by atoms with E-state index in [-0.39, 0.29) is 29.9 Å². The third-order valence-electron chi connectivity index (χ3n) is 3.35. The molecule has 2 N–H and O–H groups in total. The van der Waals surface area contributed by atoms with E-state index in [9.17, 15) is 18.0 Å². The van der Waals surface area contributed by atoms with Gasteiger partial charge in [-0.3, -0.25) is 10.00 Å². The van der Waals surface area contributed by atoms with Crippen LogP contribution in [0, 0.1) is 0 Å². The van der Waals surface area contributed by atoms with Crippen molar-refractivity contribution in [3.05, 3.63) is 17.8 Å². The summed E-state index contributed by atoms with van der Waals surface area (Å²) in [4.78, 5) is 32.2. The van der Waals surface area contributed by atoms with Crippen LogP contribution in [0.15, 0.2) is 17.3 Å². The van der Waals surface area contributed by atoms with Crippen LogP contribution in [-0.4, -0.2) is 60.0 Å². The molecule has 0 unspecified atom stereocenters. The normalized spacial score (nSPS) is 10.9. The van der Waals surface area contributed by atoms with E-state index >= 15 is 0 Å². The molecule has 0 bridgehead atoms. The molecule has 2 aromatic rings. The minimum Gasteiger partial charge on any atom is -0.478 e. The third kappa shape index (κ3) is 5.56. The van der Waals surface area contributed by atoms with Gasteiger partial charge in [-0.1, -0.05) is 0 Å². The predicted octanol–water partition coefficient (Wildman–Crippen LogP) is 0.695. The number of aromatic nitrogens is 4. The Labute approximate surface area is 172 Å². The number of carbonyl (C=O) groups excluding carboxylic acids is 2. The number of amides is 2. The van der Waals surface area contributed by atoms with Gasteiger partial charge in [0.1, 0.15) is 5.56 Å². The monoisotopic (exact) mass is 442 g/mol. The lowest BCUT2D eigenvalue weighted by atomic mass is 10.4. The van der Waals surface area contributed by atoms with Crippen molar-refractivity contribution in [3.8, 4) is 11.8 Å². The Hall–Kier alpha value is -3.42. The van der Waals surface area contributed by atoms with Crippen molar-refractivity contribution in [2.75, 3.05) is 25.1 Å². The highest BCUT2D eigenvalue weighted by Crippen LogP contribution is 2.19. The van der Waals surface area contributed by atoms with E-state index < -0.39 is 27.0 Å². The molecule has 30 heavy (non-hydrogen) atoms. The van der Waals surface area contributed by atoms with Gasteiger partial charge in [0, 0.05) is 7.05 Å². The fraction of sp³-hybridized carbons (Fsp3) is 0.438. The number of anilines is 1. The van der Waals surface area contributed by atoms with Gasteiger partial charge in [-0.2, -0.15) is 23.5 Å². The number of nitrogens with one attached hydrogen (secondary N) is 2. The molecule has 0 fully saturated rings. The number of esters is 1. The van der Waals surface area contributed by atoms with Gasteiger partial charge in [0.2, 0.25) is 17.7 Å². The lowest BCUT2D eigenvalue weighted by Gasteiger charge is -2.11. The molecule has 2 amide bonds. The first-order chi connectivity index (χ1) is 14.2. The molecule has 0 aliphatic carbocycles. The largest absolute Gasteiger partial charge is 0.478 e. The van der Waals surface area contributed by atoms with Crippen LogP contribution in [0.4, 0.5) is 10.7 Å². The summed E-state index contributed by atoms with van der Waals surface area (Å²) >= 11 is 0. The number of carbonyl (C=O) groups is 2. The molecule has 14 heteroatoms. The van der Waals surface area contributed by atoms with E-state index in [2.05, 4.69) is 20.4 Å². The van der Waals surface area contributed by atoms with E-state index in [1.54, 1.807) is 25.5 Å². The van der Waals surface area contributed by atoms with E-state index in [0.717, 1.165) is 10.9 Å². The molecule has 0 radical (unpaired) electrons. The second-order valence-electron chi connectivity index (χ2n) is 5.50. The molecule has 0 aromatic carbocycles. The van der Waals surface area contributed by atoms with Crippen LogP contribution >= 0.6 is 0 Å². The van der Waals surface area contributed by atoms with Crippen molar-refractivity contribution in [1.29, 1.82) is 0 Å². The molecule has 0 saturated heterocycles. The van der Waals surface area contributed by atoms with Crippen molar-refractivity contribution in [2.24, 2.45) is 7.05 Å². The van der Waals surface area contributed by atoms with Crippen LogP contribution in [0.2, 0.25) is 0 Å². The summed E-state index contributed by atoms with van der Waals surface area (Å²) in [5.41, 5.74) is -0.312. The summed E-state index contributed by atoms with van der Waals surface area (Å²) in [6, 6.07) is 0.260. The van der Waals surface area contributed by atoms with Gasteiger partial charge >= 0.3 is 12.0 Å². The Morgan fingerprint density at radius 1 is 1.07 bits per heavy atom. The second-order valence-corrected chi connectivity index (χ2v) is 7.10. The molecule has 2 heterocycles. The SMILES string of the molecule is CCOC(=O)c1cnn(C)c1S(=O)(=O)NC(=O)Nc1nc(OCC)cc(OCC)n1. The molecule has 0 spiro atoms. The average molecular weight is 442 g/mol. The van der Waals surface area contributed by atoms with E-state index in [4.69, 9.17) is 14.2 Å². The number of aryl methyl sites for hydroxylation is 1. The molecule has 164 valence electrons. The number of hydrogen-bond donors (Lipinski definition) is 2. The molecular formula is C16H22N6O7S. The van der Waals surface area contributed by atoms with Crippen molar-refractivity contribution in [3.63, 3.8) is 0 Å². The van der Waals surface area contributed by atoms with Gasteiger partial charge in [0.15, 0.2) is 5.03 Å². The van der Waals surface area contributed by atoms with Crippen LogP contribution in [0.25, 0.3) is 0 Å². The first-order valence-corrected chi connectivity index (χ1v) is 10.4. The van der Waals surface area contributed by atoms with Gasteiger partial charge < -0.3 is 14.2 Å². The van der Waals surface area contributed by atoms with Crippen LogP contribution in [0.1, 0.15) is 31.1 Å². The van der Waals surface area contributed by atoms with Crippen molar-refractivity contribution < 1.29 is 32.2 Å². The highest BCUT2D eigenvalue weighted by atomic mass is 32.2. The molecule has 13 nitrogen and oxygen atoms in total. The number of ether oxygens (including phenoxy) is 3. The summed E-state index contributed by atoms with van der Waals surface area (Å²) in [6.07, 6.45) is 1.04. The Bertz CT molecular complexity index is 997. The lowest BCUT2D eigenvalue weighted by Crippen LogP contribution is -2.36. The molecule has 2 aromatic heterocycles. The van der Waals surface area contributed by atoms with Crippen molar-refractivity contribution in [1.82, 2.24) is 24.5 Å². The van der Waals surface area contributed by atoms with Crippen LogP contribution in [-0.2, 0) is 21.8 Å². The molecule has 2 rings (SSSR count). The smallest absolute Gasteiger partial charge is 0.342 e. The Balaban J connectivity index is 2.24. The number of urea groups is 1. The Morgan fingerprint density at radius 2 is 1.67 bits per heavy atom. The number of nitrogens with zero attached hydrogens (tertiary/aromatic N) is 4. The standard InChI is InChI=1S/C16H22N6O7S/c1-5-27-11-8-12(28-6-2)19-15(18-11)20-16(24)21-30(25,26)13-10(9-17-22(13)4)14(23)29-7-3/h8-9H,5-7H2,1-4H3,(H2,18,19,20,21,24). The van der Waals surface area contributed by atoms with Gasteiger partial charge in [-0.05, 0) is 20.8 Å². The zero-order valence-corrected chi connectivity index (χ0v) is 17.6. The molecule has 0 aliphatic rings. The van der Waals surface area contributed by atoms with Gasteiger partial charge in [0.25, 0.3) is 10.0 Å². The maximum Gasteiger partial charge on any atom is 0.342 e. The third-order valence-corrected chi connectivity index (χ3v) is 4.80. The minimum absolute atomic E-state index is 0.0385. The van der Waals surface area contributed by atoms with E-state index in [1.807, 2.05) is 0 Å². The molecule has 0 atom stereocenters. The fourth-order valence-corrected chi connectivity index (χ4v) is 3.51. The maximum atomic E-state index is 12.7. The highest BCUT2D eigenvalue weighted by Gasteiger charge is 2.30. The number of sulfonamides is 1. The molecule has 0 saturated carbocycles. The Morgan fingerprint density at radius 3 is 2.20 bits per heavy atom. The topological polar surface area (TPSA) is 164 Å². The number of rotatable bonds is 9.